The number of benzene rings is 1. The van der Waals surface area contributed by atoms with Crippen LogP contribution in [0.4, 0.5) is 0 Å². The maximum absolute atomic E-state index is 12.6. The molecule has 0 bridgehead atoms. The summed E-state index contributed by atoms with van der Waals surface area (Å²) in [6.07, 6.45) is 7.93. The third-order valence-corrected chi connectivity index (χ3v) is 4.88. The van der Waals surface area contributed by atoms with Crippen molar-refractivity contribution in [1.82, 2.24) is 10.3 Å². The van der Waals surface area contributed by atoms with Gasteiger partial charge in [-0.2, -0.15) is 0 Å². The van der Waals surface area contributed by atoms with Gasteiger partial charge in [0.1, 0.15) is 5.52 Å². The summed E-state index contributed by atoms with van der Waals surface area (Å²) in [4.78, 5) is 17.0. The number of carbonyl (C=O) groups excluding carboxylic acids is 1. The second kappa shape index (κ2) is 8.48. The van der Waals surface area contributed by atoms with Crippen LogP contribution in [-0.4, -0.2) is 29.6 Å². The maximum Gasteiger partial charge on any atom is 0.253 e. The molecule has 0 aliphatic heterocycles. The minimum atomic E-state index is -0.0637. The van der Waals surface area contributed by atoms with Gasteiger partial charge in [0.2, 0.25) is 0 Å². The number of amides is 1. The monoisotopic (exact) mass is 346 g/mol. The highest BCUT2D eigenvalue weighted by Gasteiger charge is 2.24. The molecule has 1 amide bonds. The topological polar surface area (TPSA) is 64.4 Å². The van der Waals surface area contributed by atoms with Crippen molar-refractivity contribution in [3.8, 4) is 0 Å². The molecular formula is C20H30N2O3. The van der Waals surface area contributed by atoms with Crippen LogP contribution in [0, 0.1) is 6.92 Å². The molecule has 138 valence electrons. The van der Waals surface area contributed by atoms with E-state index in [4.69, 9.17) is 9.15 Å². The quantitative estimate of drug-likeness (QED) is 0.742. The molecule has 25 heavy (non-hydrogen) atoms. The highest BCUT2D eigenvalue weighted by Crippen LogP contribution is 2.23. The lowest BCUT2D eigenvalue weighted by molar-refractivity contribution is 0.0205. The third-order valence-electron chi connectivity index (χ3n) is 4.88. The first-order valence-corrected chi connectivity index (χ1v) is 9.46. The largest absolute Gasteiger partial charge is 0.441 e. The van der Waals surface area contributed by atoms with E-state index in [1.165, 1.54) is 12.8 Å². The zero-order valence-electron chi connectivity index (χ0n) is 15.2. The van der Waals surface area contributed by atoms with Crippen LogP contribution >= 0.6 is 0 Å². The van der Waals surface area contributed by atoms with Gasteiger partial charge in [-0.3, -0.25) is 4.79 Å². The number of fused-ring (bicyclic) bond motifs is 1. The van der Waals surface area contributed by atoms with E-state index in [2.05, 4.69) is 17.2 Å². The highest BCUT2D eigenvalue weighted by molar-refractivity contribution is 6.04. The molecule has 1 heterocycles. The van der Waals surface area contributed by atoms with Gasteiger partial charge in [0, 0.05) is 21.0 Å². The highest BCUT2D eigenvalue weighted by atomic mass is 16.5. The van der Waals surface area contributed by atoms with Gasteiger partial charge in [-0.15, -0.1) is 0 Å². The van der Waals surface area contributed by atoms with Crippen molar-refractivity contribution in [2.45, 2.75) is 70.9 Å². The lowest BCUT2D eigenvalue weighted by Gasteiger charge is -2.29. The number of hydrogen-bond donors (Lipinski definition) is 1. The van der Waals surface area contributed by atoms with Gasteiger partial charge < -0.3 is 14.5 Å². The number of para-hydroxylation sites is 1. The summed E-state index contributed by atoms with van der Waals surface area (Å²) < 4.78 is 11.5. The molecule has 1 saturated carbocycles. The molecule has 0 spiro atoms. The molecule has 1 aromatic heterocycles. The Kier molecular flexibility index (Phi) is 6.08. The Morgan fingerprint density at radius 1 is 1.32 bits per heavy atom. The van der Waals surface area contributed by atoms with E-state index < -0.39 is 0 Å². The number of hydrogen-bond acceptors (Lipinski definition) is 4. The van der Waals surface area contributed by atoms with E-state index in [1.54, 1.807) is 6.92 Å². The minimum Gasteiger partial charge on any atom is -0.441 e. The second-order valence-electron chi connectivity index (χ2n) is 6.91. The first kappa shape index (κ1) is 17.9. The first-order valence-electron chi connectivity index (χ1n) is 9.46. The molecule has 1 fully saturated rings. The van der Waals surface area contributed by atoms with Gasteiger partial charge in [0.25, 0.3) is 5.91 Å². The first-order chi connectivity index (χ1) is 12.2. The Morgan fingerprint density at radius 2 is 2.12 bits per heavy atom. The summed E-state index contributed by atoms with van der Waals surface area (Å²) in [5.74, 6) is 0.516. The number of nitrogens with zero attached hydrogens (tertiary/aromatic N) is 1. The standard InChI is InChI=1S/C20H28N2O3.H2/c1-3-4-5-13-24-16-11-9-15(10-12-16)22-20(23)17-7-6-8-18-19(17)21-14(2)25-18;/h6-8,15-16H,3-5,9-13H2,1-2H3,(H,22,23);1H. The van der Waals surface area contributed by atoms with E-state index in [0.29, 0.717) is 28.7 Å². The zero-order chi connectivity index (χ0) is 17.6. The number of ether oxygens (including phenoxy) is 1. The number of rotatable bonds is 7. The molecule has 1 aromatic carbocycles. The summed E-state index contributed by atoms with van der Waals surface area (Å²) in [7, 11) is 0. The van der Waals surface area contributed by atoms with Crippen molar-refractivity contribution < 1.29 is 15.4 Å². The molecule has 0 atom stereocenters. The molecule has 1 aliphatic rings. The van der Waals surface area contributed by atoms with Crippen molar-refractivity contribution in [3.63, 3.8) is 0 Å². The number of aryl methyl sites for hydroxylation is 1. The SMILES string of the molecule is CCCCCOC1CCC(NC(=O)c2cccc3oc(C)nc23)CC1.[HH]. The smallest absolute Gasteiger partial charge is 0.253 e. The van der Waals surface area contributed by atoms with Crippen LogP contribution < -0.4 is 5.32 Å². The summed E-state index contributed by atoms with van der Waals surface area (Å²) in [5.41, 5.74) is 1.90. The molecule has 5 nitrogen and oxygen atoms in total. The summed E-state index contributed by atoms with van der Waals surface area (Å²) in [5, 5.41) is 3.16. The number of oxazole rings is 1. The predicted octanol–water partition coefficient (Wildman–Crippen LogP) is 4.63. The molecule has 1 aliphatic carbocycles. The minimum absolute atomic E-state index is 0. The van der Waals surface area contributed by atoms with Gasteiger partial charge in [0.05, 0.1) is 11.7 Å². The Bertz CT molecular complexity index is 708. The van der Waals surface area contributed by atoms with E-state index in [-0.39, 0.29) is 13.4 Å². The van der Waals surface area contributed by atoms with Gasteiger partial charge in [-0.25, -0.2) is 4.98 Å². The molecule has 2 aromatic rings. The van der Waals surface area contributed by atoms with Crippen LogP contribution in [0.5, 0.6) is 0 Å². The second-order valence-corrected chi connectivity index (χ2v) is 6.91. The molecular weight excluding hydrogens is 316 g/mol. The van der Waals surface area contributed by atoms with Crippen LogP contribution in [0.25, 0.3) is 11.1 Å². The van der Waals surface area contributed by atoms with Crippen LogP contribution in [0.2, 0.25) is 0 Å². The fraction of sp³-hybridized carbons (Fsp3) is 0.600. The number of carbonyl (C=O) groups is 1. The maximum atomic E-state index is 12.6. The van der Waals surface area contributed by atoms with Crippen molar-refractivity contribution in [1.29, 1.82) is 0 Å². The molecule has 5 heteroatoms. The average Bonchev–Trinajstić information content (AvgIpc) is 3.00. The Balaban J connectivity index is 0.00000243. The lowest BCUT2D eigenvalue weighted by Crippen LogP contribution is -2.39. The third kappa shape index (κ3) is 4.60. The van der Waals surface area contributed by atoms with Crippen molar-refractivity contribution in [2.24, 2.45) is 0 Å². The number of nitrogens with one attached hydrogen (secondary N) is 1. The van der Waals surface area contributed by atoms with E-state index >= 15 is 0 Å². The van der Waals surface area contributed by atoms with E-state index in [9.17, 15) is 4.79 Å². The van der Waals surface area contributed by atoms with Gasteiger partial charge in [-0.05, 0) is 44.2 Å². The molecule has 0 unspecified atom stereocenters. The van der Waals surface area contributed by atoms with Crippen molar-refractivity contribution in [3.05, 3.63) is 29.7 Å². The van der Waals surface area contributed by atoms with E-state index in [1.807, 2.05) is 18.2 Å². The Hall–Kier alpha value is -1.88. The zero-order valence-corrected chi connectivity index (χ0v) is 15.2. The van der Waals surface area contributed by atoms with Crippen LogP contribution in [0.15, 0.2) is 22.6 Å². The van der Waals surface area contributed by atoms with Crippen LogP contribution in [0.1, 0.15) is 69.5 Å². The number of aromatic nitrogens is 1. The lowest BCUT2D eigenvalue weighted by atomic mass is 9.92. The normalized spacial score (nSPS) is 20.7. The fourth-order valence-electron chi connectivity index (χ4n) is 3.48. The van der Waals surface area contributed by atoms with Crippen molar-refractivity contribution >= 4 is 17.0 Å². The summed E-state index contributed by atoms with van der Waals surface area (Å²) >= 11 is 0. The van der Waals surface area contributed by atoms with Gasteiger partial charge in [-0.1, -0.05) is 25.8 Å². The van der Waals surface area contributed by atoms with Gasteiger partial charge in [0.15, 0.2) is 11.5 Å². The van der Waals surface area contributed by atoms with Crippen molar-refractivity contribution in [2.75, 3.05) is 6.61 Å². The van der Waals surface area contributed by atoms with Gasteiger partial charge >= 0.3 is 0 Å². The molecule has 0 radical (unpaired) electrons. The molecule has 0 saturated heterocycles. The molecule has 3 rings (SSSR count). The Morgan fingerprint density at radius 3 is 2.88 bits per heavy atom. The Labute approximate surface area is 150 Å². The summed E-state index contributed by atoms with van der Waals surface area (Å²) in [6, 6.07) is 5.70. The fourth-order valence-corrected chi connectivity index (χ4v) is 3.48. The average molecular weight is 346 g/mol. The number of unbranched alkanes of at least 4 members (excludes halogenated alkanes) is 2. The predicted molar refractivity (Wildman–Crippen MR) is 99.8 cm³/mol. The summed E-state index contributed by atoms with van der Waals surface area (Å²) in [6.45, 7) is 4.86. The van der Waals surface area contributed by atoms with E-state index in [0.717, 1.165) is 38.7 Å². The molecule has 1 N–H and O–H groups in total. The van der Waals surface area contributed by atoms with Crippen LogP contribution in [0.3, 0.4) is 0 Å². The van der Waals surface area contributed by atoms with Crippen LogP contribution in [-0.2, 0) is 4.74 Å².